The molecule has 0 spiro atoms. The van der Waals surface area contributed by atoms with E-state index in [0.29, 0.717) is 22.2 Å². The van der Waals surface area contributed by atoms with E-state index in [4.69, 9.17) is 16.7 Å². The van der Waals surface area contributed by atoms with Gasteiger partial charge in [0.1, 0.15) is 5.69 Å². The van der Waals surface area contributed by atoms with Gasteiger partial charge in [-0.2, -0.15) is 5.10 Å². The molecular weight excluding hydrogens is 383 g/mol. The van der Waals surface area contributed by atoms with E-state index in [-0.39, 0.29) is 29.9 Å². The summed E-state index contributed by atoms with van der Waals surface area (Å²) in [4.78, 5) is 13.1. The van der Waals surface area contributed by atoms with Gasteiger partial charge >= 0.3 is 0 Å². The monoisotopic (exact) mass is 410 g/mol. The van der Waals surface area contributed by atoms with Crippen LogP contribution >= 0.6 is 24.0 Å². The lowest BCUT2D eigenvalue weighted by Gasteiger charge is -2.30. The van der Waals surface area contributed by atoms with Crippen molar-refractivity contribution < 1.29 is 4.79 Å². The van der Waals surface area contributed by atoms with E-state index in [1.165, 1.54) is 0 Å². The molecule has 7 heteroatoms. The Morgan fingerprint density at radius 2 is 2.04 bits per heavy atom. The summed E-state index contributed by atoms with van der Waals surface area (Å²) in [7, 11) is 0. The molecule has 1 saturated heterocycles. The number of piperidine rings is 1. The topological polar surface area (TPSA) is 58.9 Å². The lowest BCUT2D eigenvalue weighted by atomic mass is 9.95. The van der Waals surface area contributed by atoms with Crippen molar-refractivity contribution in [2.75, 3.05) is 13.1 Å². The molecule has 27 heavy (non-hydrogen) atoms. The van der Waals surface area contributed by atoms with Crippen LogP contribution < -0.4 is 10.6 Å². The number of nitrogens with zero attached hydrogens (tertiary/aromatic N) is 2. The van der Waals surface area contributed by atoms with Gasteiger partial charge in [-0.15, -0.1) is 12.4 Å². The van der Waals surface area contributed by atoms with Crippen LogP contribution in [0.25, 0.3) is 11.3 Å². The molecule has 1 aromatic carbocycles. The summed E-state index contributed by atoms with van der Waals surface area (Å²) in [5.41, 5.74) is 1.75. The maximum Gasteiger partial charge on any atom is 0.255 e. The predicted molar refractivity (Wildman–Crippen MR) is 113 cm³/mol. The van der Waals surface area contributed by atoms with Gasteiger partial charge in [-0.1, -0.05) is 36.7 Å². The van der Waals surface area contributed by atoms with Crippen LogP contribution in [0.1, 0.15) is 44.5 Å². The average Bonchev–Trinajstić information content (AvgIpc) is 3.03. The van der Waals surface area contributed by atoms with Gasteiger partial charge in [-0.05, 0) is 52.3 Å². The summed E-state index contributed by atoms with van der Waals surface area (Å²) in [5, 5.41) is 11.9. The smallest absolute Gasteiger partial charge is 0.255 e. The third-order valence-electron chi connectivity index (χ3n) is 4.88. The van der Waals surface area contributed by atoms with Crippen LogP contribution in [-0.4, -0.2) is 34.8 Å². The number of carbonyl (C=O) groups is 1. The Labute approximate surface area is 172 Å². The van der Waals surface area contributed by atoms with Crippen molar-refractivity contribution in [3.63, 3.8) is 0 Å². The second kappa shape index (κ2) is 8.63. The molecule has 2 atom stereocenters. The SMILES string of the molecule is CC1CNCCC1NC(=O)c1cn(C(C)(C)C)nc1-c1ccccc1Cl.Cl. The number of amides is 1. The molecule has 148 valence electrons. The second-order valence-corrected chi connectivity index (χ2v) is 8.44. The number of carbonyl (C=O) groups excluding carboxylic acids is 1. The molecule has 0 saturated carbocycles. The molecule has 5 nitrogen and oxygen atoms in total. The molecule has 0 aliphatic carbocycles. The number of hydrogen-bond acceptors (Lipinski definition) is 3. The molecule has 2 heterocycles. The molecule has 1 fully saturated rings. The van der Waals surface area contributed by atoms with Crippen molar-refractivity contribution in [3.05, 3.63) is 41.0 Å². The van der Waals surface area contributed by atoms with Gasteiger partial charge in [0.15, 0.2) is 0 Å². The van der Waals surface area contributed by atoms with Crippen molar-refractivity contribution in [1.29, 1.82) is 0 Å². The Balaban J connectivity index is 0.00000261. The van der Waals surface area contributed by atoms with Gasteiger partial charge in [0.2, 0.25) is 0 Å². The van der Waals surface area contributed by atoms with Crippen molar-refractivity contribution in [1.82, 2.24) is 20.4 Å². The van der Waals surface area contributed by atoms with Crippen LogP contribution in [0.5, 0.6) is 0 Å². The summed E-state index contributed by atoms with van der Waals surface area (Å²) < 4.78 is 1.84. The fraction of sp³-hybridized carbons (Fsp3) is 0.500. The molecule has 1 aliphatic rings. The molecular formula is C20H28Cl2N4O. The lowest BCUT2D eigenvalue weighted by molar-refractivity contribution is 0.0914. The molecule has 3 rings (SSSR count). The van der Waals surface area contributed by atoms with Crippen molar-refractivity contribution in [2.24, 2.45) is 5.92 Å². The lowest BCUT2D eigenvalue weighted by Crippen LogP contribution is -2.48. The highest BCUT2D eigenvalue weighted by atomic mass is 35.5. The zero-order valence-electron chi connectivity index (χ0n) is 16.3. The summed E-state index contributed by atoms with van der Waals surface area (Å²) in [5.74, 6) is 0.309. The number of benzene rings is 1. The third-order valence-corrected chi connectivity index (χ3v) is 5.21. The quantitative estimate of drug-likeness (QED) is 0.799. The van der Waals surface area contributed by atoms with Gasteiger partial charge in [-0.3, -0.25) is 9.48 Å². The number of halogens is 2. The van der Waals surface area contributed by atoms with E-state index in [2.05, 4.69) is 38.3 Å². The highest BCUT2D eigenvalue weighted by Crippen LogP contribution is 2.31. The molecule has 2 unspecified atom stereocenters. The Bertz CT molecular complexity index is 798. The Morgan fingerprint density at radius 1 is 1.33 bits per heavy atom. The third kappa shape index (κ3) is 4.84. The highest BCUT2D eigenvalue weighted by molar-refractivity contribution is 6.33. The van der Waals surface area contributed by atoms with Crippen LogP contribution in [0.15, 0.2) is 30.5 Å². The minimum atomic E-state index is -0.226. The number of nitrogens with one attached hydrogen (secondary N) is 2. The van der Waals surface area contributed by atoms with Gasteiger partial charge in [0.25, 0.3) is 5.91 Å². The van der Waals surface area contributed by atoms with E-state index in [0.717, 1.165) is 25.1 Å². The first kappa shape index (κ1) is 21.7. The van der Waals surface area contributed by atoms with Crippen LogP contribution in [0.3, 0.4) is 0 Å². The van der Waals surface area contributed by atoms with Crippen molar-refractivity contribution in [3.8, 4) is 11.3 Å². The van der Waals surface area contributed by atoms with E-state index in [9.17, 15) is 4.79 Å². The number of aromatic nitrogens is 2. The molecule has 1 aromatic heterocycles. The van der Waals surface area contributed by atoms with Crippen LogP contribution in [0.2, 0.25) is 5.02 Å². The molecule has 0 bridgehead atoms. The number of rotatable bonds is 3. The van der Waals surface area contributed by atoms with Gasteiger partial charge in [0, 0.05) is 17.8 Å². The zero-order chi connectivity index (χ0) is 18.9. The van der Waals surface area contributed by atoms with Gasteiger partial charge < -0.3 is 10.6 Å². The van der Waals surface area contributed by atoms with Gasteiger partial charge in [-0.25, -0.2) is 0 Å². The van der Waals surface area contributed by atoms with E-state index < -0.39 is 0 Å². The highest BCUT2D eigenvalue weighted by Gasteiger charge is 2.27. The Morgan fingerprint density at radius 3 is 2.67 bits per heavy atom. The predicted octanol–water partition coefficient (Wildman–Crippen LogP) is 4.11. The summed E-state index contributed by atoms with van der Waals surface area (Å²) >= 11 is 6.38. The zero-order valence-corrected chi connectivity index (χ0v) is 17.8. The maximum atomic E-state index is 13.1. The van der Waals surface area contributed by atoms with E-state index in [1.807, 2.05) is 35.1 Å². The average molecular weight is 411 g/mol. The molecule has 1 amide bonds. The fourth-order valence-electron chi connectivity index (χ4n) is 3.21. The maximum absolute atomic E-state index is 13.1. The molecule has 2 N–H and O–H groups in total. The van der Waals surface area contributed by atoms with Crippen molar-refractivity contribution >= 4 is 29.9 Å². The first-order chi connectivity index (χ1) is 12.3. The van der Waals surface area contributed by atoms with Crippen LogP contribution in [-0.2, 0) is 5.54 Å². The second-order valence-electron chi connectivity index (χ2n) is 8.04. The van der Waals surface area contributed by atoms with Crippen LogP contribution in [0, 0.1) is 5.92 Å². The minimum absolute atomic E-state index is 0. The van der Waals surface area contributed by atoms with Crippen molar-refractivity contribution in [2.45, 2.75) is 45.7 Å². The van der Waals surface area contributed by atoms with Gasteiger partial charge in [0.05, 0.1) is 16.1 Å². The summed E-state index contributed by atoms with van der Waals surface area (Å²) in [6.45, 7) is 10.2. The summed E-state index contributed by atoms with van der Waals surface area (Å²) in [6.07, 6.45) is 2.77. The molecule has 2 aromatic rings. The first-order valence-corrected chi connectivity index (χ1v) is 9.52. The van der Waals surface area contributed by atoms with E-state index >= 15 is 0 Å². The molecule has 1 aliphatic heterocycles. The first-order valence-electron chi connectivity index (χ1n) is 9.14. The standard InChI is InChI=1S/C20H27ClN4O.ClH/c1-13-11-22-10-9-17(13)23-19(26)15-12-25(20(2,3)4)24-18(15)14-7-5-6-8-16(14)21;/h5-8,12-13,17,22H,9-11H2,1-4H3,(H,23,26);1H. The molecule has 0 radical (unpaired) electrons. The normalized spacial score (nSPS) is 20.0. The van der Waals surface area contributed by atoms with E-state index in [1.54, 1.807) is 0 Å². The Hall–Kier alpha value is -1.56. The fourth-order valence-corrected chi connectivity index (χ4v) is 3.44. The Kier molecular flexibility index (Phi) is 6.95. The summed E-state index contributed by atoms with van der Waals surface area (Å²) in [6, 6.07) is 7.68. The minimum Gasteiger partial charge on any atom is -0.349 e. The number of hydrogen-bond donors (Lipinski definition) is 2. The van der Waals surface area contributed by atoms with Crippen LogP contribution in [0.4, 0.5) is 0 Å². The largest absolute Gasteiger partial charge is 0.349 e.